The molecule has 0 saturated carbocycles. The van der Waals surface area contributed by atoms with Crippen molar-refractivity contribution in [3.8, 4) is 0 Å². The fraction of sp³-hybridized carbons (Fsp3) is 0.286. The first-order valence-corrected chi connectivity index (χ1v) is 10.9. The van der Waals surface area contributed by atoms with Crippen LogP contribution in [0.25, 0.3) is 21.5 Å². The topological polar surface area (TPSA) is 0 Å². The first kappa shape index (κ1) is 19.8. The third kappa shape index (κ3) is 3.37. The van der Waals surface area contributed by atoms with Gasteiger partial charge in [-0.1, -0.05) is 118 Å². The Morgan fingerprint density at radius 1 is 0.966 bits per heavy atom. The second-order valence-corrected chi connectivity index (χ2v) is 8.47. The van der Waals surface area contributed by atoms with E-state index in [0.717, 1.165) is 12.8 Å². The molecule has 3 aromatic rings. The molecular weight excluding hydrogens is 347 g/mol. The van der Waals surface area contributed by atoms with E-state index < -0.39 is 0 Å². The molecule has 29 heavy (non-hydrogen) atoms. The Morgan fingerprint density at radius 2 is 1.55 bits per heavy atom. The molecule has 2 atom stereocenters. The standard InChI is InChI=1S/C28H30B/c1-5-20(2)28(3,19-21-13-7-6-8-14-21)26-22-15-9-11-17-24(22)27(29-4)25-18-12-10-16-23(25)26/h6-13,15-20H,5,14H2,1-4H3/b21-19-. The summed E-state index contributed by atoms with van der Waals surface area (Å²) in [6, 6.07) is 17.9. The summed E-state index contributed by atoms with van der Waals surface area (Å²) in [6.45, 7) is 9.33. The van der Waals surface area contributed by atoms with E-state index in [1.165, 1.54) is 38.1 Å². The highest BCUT2D eigenvalue weighted by atomic mass is 14.4. The monoisotopic (exact) mass is 377 g/mol. The summed E-state index contributed by atoms with van der Waals surface area (Å²) in [5.41, 5.74) is 4.18. The molecule has 0 amide bonds. The summed E-state index contributed by atoms with van der Waals surface area (Å²) in [6.07, 6.45) is 13.5. The van der Waals surface area contributed by atoms with Gasteiger partial charge >= 0.3 is 0 Å². The van der Waals surface area contributed by atoms with Gasteiger partial charge in [-0.3, -0.25) is 0 Å². The quantitative estimate of drug-likeness (QED) is 0.328. The molecule has 1 radical (unpaired) electrons. The Balaban J connectivity index is 2.13. The lowest BCUT2D eigenvalue weighted by atomic mass is 9.63. The molecule has 0 spiro atoms. The summed E-state index contributed by atoms with van der Waals surface area (Å²) < 4.78 is 0. The third-order valence-corrected chi connectivity index (χ3v) is 6.83. The maximum Gasteiger partial charge on any atom is 0.149 e. The van der Waals surface area contributed by atoms with Crippen molar-refractivity contribution in [1.82, 2.24) is 0 Å². The highest BCUT2D eigenvalue weighted by molar-refractivity contribution is 6.60. The minimum atomic E-state index is -0.0505. The van der Waals surface area contributed by atoms with Crippen molar-refractivity contribution < 1.29 is 0 Å². The van der Waals surface area contributed by atoms with E-state index in [9.17, 15) is 0 Å². The number of fused-ring (bicyclic) bond motifs is 2. The van der Waals surface area contributed by atoms with Crippen LogP contribution in [-0.2, 0) is 5.41 Å². The second kappa shape index (κ2) is 8.07. The summed E-state index contributed by atoms with van der Waals surface area (Å²) in [5, 5.41) is 5.48. The van der Waals surface area contributed by atoms with E-state index >= 15 is 0 Å². The third-order valence-electron chi connectivity index (χ3n) is 6.83. The Hall–Kier alpha value is -2.54. The smallest absolute Gasteiger partial charge is 0.0872 e. The van der Waals surface area contributed by atoms with Crippen LogP contribution in [0.15, 0.2) is 84.5 Å². The first-order chi connectivity index (χ1) is 14.1. The lowest BCUT2D eigenvalue weighted by Gasteiger charge is -2.37. The maximum absolute atomic E-state index is 2.55. The molecule has 4 rings (SSSR count). The zero-order chi connectivity index (χ0) is 20.4. The van der Waals surface area contributed by atoms with E-state index in [1.807, 2.05) is 0 Å². The van der Waals surface area contributed by atoms with Crippen LogP contribution in [0.2, 0.25) is 6.82 Å². The number of allylic oxidation sites excluding steroid dienone is 6. The molecule has 1 heteroatoms. The van der Waals surface area contributed by atoms with Gasteiger partial charge < -0.3 is 0 Å². The van der Waals surface area contributed by atoms with Gasteiger partial charge in [0.1, 0.15) is 7.28 Å². The first-order valence-electron chi connectivity index (χ1n) is 10.9. The Bertz CT molecular complexity index is 1070. The van der Waals surface area contributed by atoms with Crippen molar-refractivity contribution in [3.05, 3.63) is 90.0 Å². The molecule has 0 aromatic heterocycles. The van der Waals surface area contributed by atoms with Gasteiger partial charge in [0.05, 0.1) is 0 Å². The molecule has 0 bridgehead atoms. The largest absolute Gasteiger partial charge is 0.149 e. The SMILES string of the molecule is C[B]c1c2ccccc2c(C(C)(/C=C2/C=CC=CC2)C(C)CC)c2ccccc12. The lowest BCUT2D eigenvalue weighted by Crippen LogP contribution is -2.30. The van der Waals surface area contributed by atoms with Crippen LogP contribution in [0.1, 0.15) is 39.2 Å². The molecule has 0 N–H and O–H groups in total. The number of rotatable bonds is 5. The molecule has 0 fully saturated rings. The van der Waals surface area contributed by atoms with Crippen molar-refractivity contribution in [2.24, 2.45) is 5.92 Å². The summed E-state index contributed by atoms with van der Waals surface area (Å²) in [7, 11) is 2.27. The zero-order valence-electron chi connectivity index (χ0n) is 18.1. The van der Waals surface area contributed by atoms with Crippen LogP contribution in [0, 0.1) is 5.92 Å². The molecule has 0 saturated heterocycles. The van der Waals surface area contributed by atoms with E-state index in [4.69, 9.17) is 0 Å². The minimum absolute atomic E-state index is 0.0505. The summed E-state index contributed by atoms with van der Waals surface area (Å²) in [5.74, 6) is 0.526. The van der Waals surface area contributed by atoms with Crippen molar-refractivity contribution in [3.63, 3.8) is 0 Å². The van der Waals surface area contributed by atoms with Crippen LogP contribution >= 0.6 is 0 Å². The number of hydrogen-bond donors (Lipinski definition) is 0. The molecule has 2 unspecified atom stereocenters. The van der Waals surface area contributed by atoms with E-state index in [0.29, 0.717) is 5.92 Å². The zero-order valence-corrected chi connectivity index (χ0v) is 18.1. The van der Waals surface area contributed by atoms with Gasteiger partial charge in [0, 0.05) is 5.41 Å². The fourth-order valence-electron chi connectivity index (χ4n) is 4.96. The second-order valence-electron chi connectivity index (χ2n) is 8.47. The normalized spacial score (nSPS) is 18.3. The van der Waals surface area contributed by atoms with E-state index in [1.54, 1.807) is 0 Å². The van der Waals surface area contributed by atoms with Gasteiger partial charge in [0.25, 0.3) is 0 Å². The van der Waals surface area contributed by atoms with E-state index in [2.05, 4.69) is 114 Å². The van der Waals surface area contributed by atoms with Gasteiger partial charge in [0.2, 0.25) is 0 Å². The average Bonchev–Trinajstić information content (AvgIpc) is 2.77. The lowest BCUT2D eigenvalue weighted by molar-refractivity contribution is 0.379. The predicted molar refractivity (Wildman–Crippen MR) is 130 cm³/mol. The van der Waals surface area contributed by atoms with Gasteiger partial charge in [-0.15, -0.1) is 0 Å². The maximum atomic E-state index is 2.55. The van der Waals surface area contributed by atoms with Gasteiger partial charge in [-0.05, 0) is 45.0 Å². The van der Waals surface area contributed by atoms with E-state index in [-0.39, 0.29) is 5.41 Å². The highest BCUT2D eigenvalue weighted by Gasteiger charge is 2.34. The van der Waals surface area contributed by atoms with Crippen molar-refractivity contribution in [1.29, 1.82) is 0 Å². The molecular formula is C28H30B. The molecule has 3 aromatic carbocycles. The minimum Gasteiger partial charge on any atom is -0.0872 e. The molecule has 0 nitrogen and oxygen atoms in total. The molecule has 1 aliphatic rings. The fourth-order valence-corrected chi connectivity index (χ4v) is 4.96. The van der Waals surface area contributed by atoms with Crippen LogP contribution < -0.4 is 5.46 Å². The summed E-state index contributed by atoms with van der Waals surface area (Å²) >= 11 is 0. The predicted octanol–water partition coefficient (Wildman–Crippen LogP) is 7.12. The van der Waals surface area contributed by atoms with Gasteiger partial charge in [0.15, 0.2) is 0 Å². The Labute approximate surface area is 176 Å². The Kier molecular flexibility index (Phi) is 5.50. The Morgan fingerprint density at radius 3 is 2.03 bits per heavy atom. The van der Waals surface area contributed by atoms with Gasteiger partial charge in [-0.2, -0.15) is 0 Å². The van der Waals surface area contributed by atoms with Crippen LogP contribution in [-0.4, -0.2) is 7.28 Å². The van der Waals surface area contributed by atoms with Crippen LogP contribution in [0.5, 0.6) is 0 Å². The number of benzene rings is 3. The molecule has 0 heterocycles. The van der Waals surface area contributed by atoms with Crippen LogP contribution in [0.4, 0.5) is 0 Å². The molecule has 145 valence electrons. The molecule has 0 aliphatic heterocycles. The van der Waals surface area contributed by atoms with Crippen LogP contribution in [0.3, 0.4) is 0 Å². The summed E-state index contributed by atoms with van der Waals surface area (Å²) in [4.78, 5) is 0. The van der Waals surface area contributed by atoms with Gasteiger partial charge in [-0.25, -0.2) is 0 Å². The van der Waals surface area contributed by atoms with Crippen molar-refractivity contribution >= 4 is 34.3 Å². The van der Waals surface area contributed by atoms with Crippen molar-refractivity contribution in [2.45, 2.75) is 45.9 Å². The molecule has 1 aliphatic carbocycles. The van der Waals surface area contributed by atoms with Crippen molar-refractivity contribution in [2.75, 3.05) is 0 Å². The average molecular weight is 377 g/mol. The highest BCUT2D eigenvalue weighted by Crippen LogP contribution is 2.44. The number of hydrogen-bond acceptors (Lipinski definition) is 0.